The molecule has 3 heterocycles. The van der Waals surface area contributed by atoms with Crippen molar-refractivity contribution in [2.75, 3.05) is 0 Å². The molecule has 2 nitrogen and oxygen atoms in total. The molecule has 0 aromatic carbocycles. The maximum absolute atomic E-state index is 13.7. The topological polar surface area (TPSA) is 17.8 Å². The van der Waals surface area contributed by atoms with Crippen molar-refractivity contribution in [3.05, 3.63) is 57.0 Å². The van der Waals surface area contributed by atoms with Gasteiger partial charge in [0.1, 0.15) is 11.0 Å². The van der Waals surface area contributed by atoms with Crippen LogP contribution in [0.5, 0.6) is 0 Å². The second-order valence-electron chi connectivity index (χ2n) is 4.06. The molecule has 3 rings (SSSR count). The van der Waals surface area contributed by atoms with Crippen molar-refractivity contribution in [3.63, 3.8) is 0 Å². The molecule has 0 unspecified atom stereocenters. The van der Waals surface area contributed by atoms with Gasteiger partial charge in [-0.2, -0.15) is 0 Å². The molecule has 0 amide bonds. The first-order chi connectivity index (χ1) is 9.13. The molecule has 0 spiro atoms. The monoisotopic (exact) mass is 310 g/mol. The van der Waals surface area contributed by atoms with Gasteiger partial charge >= 0.3 is 0 Å². The van der Waals surface area contributed by atoms with E-state index in [4.69, 9.17) is 23.8 Å². The van der Waals surface area contributed by atoms with Gasteiger partial charge in [-0.3, -0.25) is 0 Å². The fourth-order valence-corrected chi connectivity index (χ4v) is 3.18. The minimum Gasteiger partial charge on any atom is -0.342 e. The Hall–Kier alpha value is -1.30. The van der Waals surface area contributed by atoms with E-state index in [0.29, 0.717) is 20.4 Å². The smallest absolute Gasteiger partial charge is 0.144 e. The van der Waals surface area contributed by atoms with Gasteiger partial charge in [-0.05, 0) is 23.8 Å². The lowest BCUT2D eigenvalue weighted by atomic mass is 10.2. The molecule has 0 fully saturated rings. The third kappa shape index (κ3) is 2.54. The van der Waals surface area contributed by atoms with Gasteiger partial charge in [-0.1, -0.05) is 29.9 Å². The molecule has 2 aliphatic rings. The molecule has 0 saturated heterocycles. The lowest BCUT2D eigenvalue weighted by molar-refractivity contribution is 0.624. The van der Waals surface area contributed by atoms with Crippen molar-refractivity contribution in [1.82, 2.24) is 9.55 Å². The summed E-state index contributed by atoms with van der Waals surface area (Å²) in [5.74, 6) is -0.235. The van der Waals surface area contributed by atoms with Gasteiger partial charge in [0.05, 0.1) is 14.4 Å². The van der Waals surface area contributed by atoms with E-state index < -0.39 is 0 Å². The molecule has 0 N–H and O–H groups in total. The van der Waals surface area contributed by atoms with Crippen LogP contribution in [0.25, 0.3) is 10.6 Å². The highest BCUT2D eigenvalue weighted by atomic mass is 35.5. The number of pyridine rings is 2. The first-order valence-electron chi connectivity index (χ1n) is 5.52. The molecule has 1 aromatic rings. The van der Waals surface area contributed by atoms with Gasteiger partial charge < -0.3 is 4.57 Å². The number of rotatable bonds is 2. The van der Waals surface area contributed by atoms with Crippen molar-refractivity contribution < 1.29 is 4.39 Å². The quantitative estimate of drug-likeness (QED) is 0.508. The Bertz CT molecular complexity index is 748. The lowest BCUT2D eigenvalue weighted by Gasteiger charge is -2.12. The normalized spacial score (nSPS) is 11.1. The number of thiophene rings is 1. The summed E-state index contributed by atoms with van der Waals surface area (Å²) in [7, 11) is 0. The van der Waals surface area contributed by atoms with Crippen LogP contribution in [0.1, 0.15) is 5.56 Å². The van der Waals surface area contributed by atoms with E-state index in [0.717, 1.165) is 11.3 Å². The van der Waals surface area contributed by atoms with Crippen molar-refractivity contribution in [3.8, 4) is 10.6 Å². The average molecular weight is 311 g/mol. The van der Waals surface area contributed by atoms with Gasteiger partial charge in [0.2, 0.25) is 0 Å². The Labute approximate surface area is 123 Å². The number of halogens is 2. The number of hydrogen-bond donors (Lipinski definition) is 0. The number of fused-ring (bicyclic) bond motifs is 1. The molecule has 1 aromatic heterocycles. The molecule has 0 saturated carbocycles. The van der Waals surface area contributed by atoms with Crippen molar-refractivity contribution in [2.45, 2.75) is 6.54 Å². The zero-order valence-electron chi connectivity index (χ0n) is 9.64. The van der Waals surface area contributed by atoms with E-state index in [1.165, 1.54) is 17.4 Å². The number of hydrogen-bond acceptors (Lipinski definition) is 3. The van der Waals surface area contributed by atoms with Gasteiger partial charge in [-0.25, -0.2) is 9.37 Å². The summed E-state index contributed by atoms with van der Waals surface area (Å²) in [6.45, 7) is 0.604. The fraction of sp³-hybridized carbons (Fsp3) is 0.0769. The van der Waals surface area contributed by atoms with Crippen LogP contribution in [-0.2, 0) is 6.54 Å². The summed E-state index contributed by atoms with van der Waals surface area (Å²) < 4.78 is 16.3. The van der Waals surface area contributed by atoms with Crippen LogP contribution in [0, 0.1) is 9.64 Å². The van der Waals surface area contributed by atoms with Gasteiger partial charge in [0, 0.05) is 18.9 Å². The maximum atomic E-state index is 13.7. The minimum absolute atomic E-state index is 0.235. The summed E-state index contributed by atoms with van der Waals surface area (Å²) in [5.41, 5.74) is 1.81. The summed E-state index contributed by atoms with van der Waals surface area (Å²) in [6.07, 6.45) is 3.43. The van der Waals surface area contributed by atoms with E-state index >= 15 is 0 Å². The highest BCUT2D eigenvalue weighted by Gasteiger charge is 2.14. The summed E-state index contributed by atoms with van der Waals surface area (Å²) in [4.78, 5) is 4.63. The molecule has 96 valence electrons. The standard InChI is InChI=1S/C13H8ClFN2S2/c14-11-2-1-8(6-16-11)7-17-4-3-9(15)13-10(17)5-12(18)19-13/h1-6H,7H2. The fourth-order valence-electron chi connectivity index (χ4n) is 1.89. The van der Waals surface area contributed by atoms with E-state index in [1.807, 2.05) is 16.7 Å². The summed E-state index contributed by atoms with van der Waals surface area (Å²) in [6, 6.07) is 6.92. The molecule has 6 heteroatoms. The molecule has 0 atom stereocenters. The third-order valence-corrected chi connectivity index (χ3v) is 4.28. The van der Waals surface area contributed by atoms with E-state index in [9.17, 15) is 4.39 Å². The van der Waals surface area contributed by atoms with Crippen LogP contribution in [0.15, 0.2) is 36.7 Å². The lowest BCUT2D eigenvalue weighted by Crippen LogP contribution is -2.04. The molecule has 0 bridgehead atoms. The highest BCUT2D eigenvalue weighted by molar-refractivity contribution is 7.73. The average Bonchev–Trinajstić information content (AvgIpc) is 2.78. The van der Waals surface area contributed by atoms with Crippen LogP contribution >= 0.6 is 35.2 Å². The van der Waals surface area contributed by atoms with E-state index in [-0.39, 0.29) is 5.82 Å². The van der Waals surface area contributed by atoms with Crippen molar-refractivity contribution in [1.29, 1.82) is 0 Å². The van der Waals surface area contributed by atoms with Crippen LogP contribution in [0.2, 0.25) is 5.15 Å². The Morgan fingerprint density at radius 1 is 1.37 bits per heavy atom. The molecule has 2 aliphatic heterocycles. The Morgan fingerprint density at radius 3 is 2.95 bits per heavy atom. The molecule has 0 radical (unpaired) electrons. The highest BCUT2D eigenvalue weighted by Crippen LogP contribution is 2.32. The van der Waals surface area contributed by atoms with Gasteiger partial charge in [0.25, 0.3) is 0 Å². The van der Waals surface area contributed by atoms with Crippen molar-refractivity contribution >= 4 is 35.2 Å². The minimum atomic E-state index is -0.235. The first-order valence-corrected chi connectivity index (χ1v) is 7.13. The van der Waals surface area contributed by atoms with Crippen LogP contribution in [0.4, 0.5) is 4.39 Å². The van der Waals surface area contributed by atoms with E-state index in [1.54, 1.807) is 18.5 Å². The molecular formula is C13H8ClFN2S2. The SMILES string of the molecule is Fc1ccn(Cc2ccc(Cl)nc2)c2cc(=S)sc1-2. The molecule has 0 aliphatic carbocycles. The summed E-state index contributed by atoms with van der Waals surface area (Å²) in [5, 5.41) is 0.460. The van der Waals surface area contributed by atoms with Gasteiger partial charge in [0.15, 0.2) is 0 Å². The van der Waals surface area contributed by atoms with Crippen LogP contribution < -0.4 is 0 Å². The largest absolute Gasteiger partial charge is 0.342 e. The first kappa shape index (κ1) is 12.7. The van der Waals surface area contributed by atoms with Crippen molar-refractivity contribution in [2.24, 2.45) is 0 Å². The predicted octanol–water partition coefficient (Wildman–Crippen LogP) is 4.62. The second-order valence-corrected chi connectivity index (χ2v) is 6.20. The molecular weight excluding hydrogens is 303 g/mol. The van der Waals surface area contributed by atoms with Crippen LogP contribution in [0.3, 0.4) is 0 Å². The predicted molar refractivity (Wildman–Crippen MR) is 78.1 cm³/mol. The zero-order chi connectivity index (χ0) is 13.4. The Morgan fingerprint density at radius 2 is 2.21 bits per heavy atom. The number of aromatic nitrogens is 2. The third-order valence-electron chi connectivity index (χ3n) is 2.76. The Kier molecular flexibility index (Phi) is 3.35. The zero-order valence-corrected chi connectivity index (χ0v) is 12.0. The Balaban J connectivity index is 2.04. The maximum Gasteiger partial charge on any atom is 0.144 e. The molecule has 19 heavy (non-hydrogen) atoms. The second kappa shape index (κ2) is 5.00. The number of nitrogens with zero attached hydrogens (tertiary/aromatic N) is 2. The van der Waals surface area contributed by atoms with Crippen LogP contribution in [-0.4, -0.2) is 9.55 Å². The van der Waals surface area contributed by atoms with Gasteiger partial charge in [-0.15, -0.1) is 11.3 Å². The van der Waals surface area contributed by atoms with E-state index in [2.05, 4.69) is 4.98 Å². The summed E-state index contributed by atoms with van der Waals surface area (Å²) >= 11 is 12.2.